The van der Waals surface area contributed by atoms with Gasteiger partial charge in [0.15, 0.2) is 9.90 Å². The number of nitrogens with one attached hydrogen (secondary N) is 2. The van der Waals surface area contributed by atoms with Crippen molar-refractivity contribution < 1.29 is 4.79 Å². The highest BCUT2D eigenvalue weighted by Gasteiger charge is 2.09. The lowest BCUT2D eigenvalue weighted by Gasteiger charge is -2.08. The molecule has 33 heavy (non-hydrogen) atoms. The van der Waals surface area contributed by atoms with Crippen molar-refractivity contribution in [1.29, 1.82) is 0 Å². The van der Waals surface area contributed by atoms with E-state index >= 15 is 0 Å². The molecule has 4 aromatic rings. The number of nitrogens with zero attached hydrogens (tertiary/aromatic N) is 2. The van der Waals surface area contributed by atoms with Crippen molar-refractivity contribution >= 4 is 57.1 Å². The molecule has 6 nitrogen and oxygen atoms in total. The molecule has 2 heterocycles. The Labute approximate surface area is 205 Å². The first kappa shape index (κ1) is 23.4. The van der Waals surface area contributed by atoms with Crippen LogP contribution >= 0.6 is 35.2 Å². The van der Waals surface area contributed by atoms with Gasteiger partial charge in [0, 0.05) is 35.5 Å². The van der Waals surface area contributed by atoms with Crippen LogP contribution in [-0.4, -0.2) is 20.4 Å². The summed E-state index contributed by atoms with van der Waals surface area (Å²) in [5, 5.41) is 4.81. The molecule has 1 amide bonds. The third kappa shape index (κ3) is 6.16. The number of hydrogen-bond donors (Lipinski definition) is 2. The number of fused-ring (bicyclic) bond motifs is 1. The molecule has 0 unspecified atom stereocenters. The second-order valence-electron chi connectivity index (χ2n) is 7.73. The molecule has 0 aliphatic rings. The number of anilines is 1. The predicted molar refractivity (Wildman–Crippen MR) is 137 cm³/mol. The average molecular weight is 499 g/mol. The molecule has 0 spiro atoms. The van der Waals surface area contributed by atoms with Crippen LogP contribution in [0, 0.1) is 4.77 Å². The zero-order valence-corrected chi connectivity index (χ0v) is 20.2. The lowest BCUT2D eigenvalue weighted by molar-refractivity contribution is -0.116. The number of aromatic amines is 1. The Morgan fingerprint density at radius 3 is 2.85 bits per heavy atom. The number of carbonyl (C=O) groups is 1. The van der Waals surface area contributed by atoms with Crippen LogP contribution in [0.15, 0.2) is 59.5 Å². The Morgan fingerprint density at radius 1 is 1.15 bits per heavy atom. The number of amides is 1. The molecule has 0 radical (unpaired) electrons. The fraction of sp³-hybridized carbons (Fsp3) is 0.250. The summed E-state index contributed by atoms with van der Waals surface area (Å²) in [6.07, 6.45) is 5.23. The Morgan fingerprint density at radius 2 is 2.00 bits per heavy atom. The normalized spacial score (nSPS) is 11.1. The number of benzene rings is 2. The summed E-state index contributed by atoms with van der Waals surface area (Å²) in [7, 11) is 0. The van der Waals surface area contributed by atoms with Crippen molar-refractivity contribution in [1.82, 2.24) is 14.5 Å². The molecule has 0 aliphatic heterocycles. The zero-order valence-electron chi connectivity index (χ0n) is 17.8. The zero-order chi connectivity index (χ0) is 23.2. The summed E-state index contributed by atoms with van der Waals surface area (Å²) < 4.78 is 2.02. The molecule has 0 fully saturated rings. The van der Waals surface area contributed by atoms with Crippen LogP contribution in [0.25, 0.3) is 10.9 Å². The van der Waals surface area contributed by atoms with Gasteiger partial charge in [-0.2, -0.15) is 0 Å². The van der Waals surface area contributed by atoms with Crippen molar-refractivity contribution in [2.75, 3.05) is 5.32 Å². The van der Waals surface area contributed by atoms with E-state index in [0.29, 0.717) is 33.3 Å². The number of hydrogen-bond acceptors (Lipinski definition) is 5. The Kier molecular flexibility index (Phi) is 7.69. The third-order valence-corrected chi connectivity index (χ3v) is 6.71. The number of halogens is 1. The number of carbonyl (C=O) groups excluding carboxylic acids is 1. The summed E-state index contributed by atoms with van der Waals surface area (Å²) in [5.41, 5.74) is 1.78. The van der Waals surface area contributed by atoms with Crippen molar-refractivity contribution in [3.8, 4) is 0 Å². The number of para-hydroxylation sites is 1. The molecule has 9 heteroatoms. The molecule has 2 N–H and O–H groups in total. The minimum absolute atomic E-state index is 0.0566. The van der Waals surface area contributed by atoms with Gasteiger partial charge in [-0.25, -0.2) is 4.98 Å². The summed E-state index contributed by atoms with van der Waals surface area (Å²) in [4.78, 5) is 33.4. The van der Waals surface area contributed by atoms with Gasteiger partial charge >= 0.3 is 0 Å². The number of aromatic nitrogens is 3. The van der Waals surface area contributed by atoms with Crippen LogP contribution < -0.4 is 10.9 Å². The maximum atomic E-state index is 12.7. The minimum atomic E-state index is -0.0792. The summed E-state index contributed by atoms with van der Waals surface area (Å²) in [6, 6.07) is 15.1. The highest BCUT2D eigenvalue weighted by molar-refractivity contribution is 7.71. The molecule has 0 bridgehead atoms. The second-order valence-corrected chi connectivity index (χ2v) is 9.67. The second kappa shape index (κ2) is 10.9. The SMILES string of the molecule is O=C(CCCCCn1c(=S)[nH]c2ccccc2c1=O)Nc1ncc(Cc2cccc(Cl)c2)s1. The first-order valence-corrected chi connectivity index (χ1v) is 12.3. The van der Waals surface area contributed by atoms with Gasteiger partial charge in [-0.3, -0.25) is 14.2 Å². The minimum Gasteiger partial charge on any atom is -0.332 e. The topological polar surface area (TPSA) is 79.8 Å². The van der Waals surface area contributed by atoms with E-state index in [0.717, 1.165) is 41.6 Å². The van der Waals surface area contributed by atoms with Crippen molar-refractivity contribution in [3.05, 3.63) is 85.3 Å². The summed E-state index contributed by atoms with van der Waals surface area (Å²) in [6.45, 7) is 0.528. The fourth-order valence-electron chi connectivity index (χ4n) is 3.61. The number of unbranched alkanes of at least 4 members (excludes halogenated alkanes) is 2. The van der Waals surface area contributed by atoms with Gasteiger partial charge < -0.3 is 10.3 Å². The van der Waals surface area contributed by atoms with Crippen LogP contribution in [-0.2, 0) is 17.8 Å². The quantitative estimate of drug-likeness (QED) is 0.220. The van der Waals surface area contributed by atoms with Crippen molar-refractivity contribution in [3.63, 3.8) is 0 Å². The van der Waals surface area contributed by atoms with E-state index in [2.05, 4.69) is 15.3 Å². The van der Waals surface area contributed by atoms with E-state index in [1.165, 1.54) is 11.3 Å². The molecule has 0 atom stereocenters. The van der Waals surface area contributed by atoms with E-state index in [-0.39, 0.29) is 11.5 Å². The van der Waals surface area contributed by atoms with Gasteiger partial charge in [0.2, 0.25) is 5.91 Å². The van der Waals surface area contributed by atoms with E-state index in [4.69, 9.17) is 23.8 Å². The molecule has 0 aliphatic carbocycles. The third-order valence-electron chi connectivity index (χ3n) is 5.24. The maximum absolute atomic E-state index is 12.7. The smallest absolute Gasteiger partial charge is 0.262 e. The first-order chi connectivity index (χ1) is 16.0. The Hall–Kier alpha value is -2.81. The molecule has 0 saturated heterocycles. The van der Waals surface area contributed by atoms with Crippen LogP contribution in [0.1, 0.15) is 36.1 Å². The molecular formula is C24H23ClN4O2S2. The molecule has 2 aromatic carbocycles. The molecule has 170 valence electrons. The first-order valence-electron chi connectivity index (χ1n) is 10.7. The van der Waals surface area contributed by atoms with Gasteiger partial charge in [-0.15, -0.1) is 11.3 Å². The van der Waals surface area contributed by atoms with Crippen LogP contribution in [0.4, 0.5) is 5.13 Å². The number of rotatable bonds is 9. The van der Waals surface area contributed by atoms with Crippen molar-refractivity contribution in [2.24, 2.45) is 0 Å². The highest BCUT2D eigenvalue weighted by Crippen LogP contribution is 2.22. The number of H-pyrrole nitrogens is 1. The van der Waals surface area contributed by atoms with Crippen LogP contribution in [0.2, 0.25) is 5.02 Å². The highest BCUT2D eigenvalue weighted by atomic mass is 35.5. The fourth-order valence-corrected chi connectivity index (χ4v) is 4.97. The van der Waals surface area contributed by atoms with Crippen LogP contribution in [0.5, 0.6) is 0 Å². The molecule has 0 saturated carbocycles. The lowest BCUT2D eigenvalue weighted by atomic mass is 10.1. The molecular weight excluding hydrogens is 476 g/mol. The summed E-state index contributed by atoms with van der Waals surface area (Å²) in [5.74, 6) is -0.0566. The van der Waals surface area contributed by atoms with Crippen LogP contribution in [0.3, 0.4) is 0 Å². The predicted octanol–water partition coefficient (Wildman–Crippen LogP) is 5.96. The van der Waals surface area contributed by atoms with E-state index in [9.17, 15) is 9.59 Å². The van der Waals surface area contributed by atoms with Gasteiger partial charge in [0.25, 0.3) is 5.56 Å². The molecule has 4 rings (SSSR count). The van der Waals surface area contributed by atoms with Gasteiger partial charge in [-0.05, 0) is 54.9 Å². The van der Waals surface area contributed by atoms with Gasteiger partial charge in [-0.1, -0.05) is 42.3 Å². The monoisotopic (exact) mass is 498 g/mol. The van der Waals surface area contributed by atoms with E-state index in [1.54, 1.807) is 16.8 Å². The maximum Gasteiger partial charge on any atom is 0.262 e. The largest absolute Gasteiger partial charge is 0.332 e. The Bertz CT molecular complexity index is 1390. The average Bonchev–Trinajstić information content (AvgIpc) is 3.22. The van der Waals surface area contributed by atoms with Gasteiger partial charge in [0.1, 0.15) is 0 Å². The lowest BCUT2D eigenvalue weighted by Crippen LogP contribution is -2.22. The van der Waals surface area contributed by atoms with E-state index in [1.807, 2.05) is 42.5 Å². The van der Waals surface area contributed by atoms with Crippen molar-refractivity contribution in [2.45, 2.75) is 38.6 Å². The van der Waals surface area contributed by atoms with Gasteiger partial charge in [0.05, 0.1) is 10.9 Å². The summed E-state index contributed by atoms with van der Waals surface area (Å²) >= 11 is 12.8. The standard InChI is InChI=1S/C24H23ClN4O2S2/c25-17-8-6-7-16(13-17)14-18-15-26-23(33-18)28-21(30)11-2-1-5-12-29-22(31)19-9-3-4-10-20(19)27-24(29)32/h3-4,6-10,13,15H,1-2,5,11-12,14H2,(H,27,32)(H,26,28,30). The van der Waals surface area contributed by atoms with E-state index < -0.39 is 0 Å². The number of thiazole rings is 1. The molecule has 2 aromatic heterocycles. The Balaban J connectivity index is 1.22.